The van der Waals surface area contributed by atoms with Crippen molar-refractivity contribution in [3.05, 3.63) is 231 Å². The minimum Gasteiger partial charge on any atom is -0.135 e. The molecule has 61 heavy (non-hydrogen) atoms. The highest BCUT2D eigenvalue weighted by Gasteiger charge is 2.16. The predicted octanol–water partition coefficient (Wildman–Crippen LogP) is 17.5. The zero-order chi connectivity index (χ0) is 40.3. The van der Waals surface area contributed by atoms with Crippen LogP contribution in [0.4, 0.5) is 0 Å². The van der Waals surface area contributed by atoms with Crippen LogP contribution in [0, 0.1) is 0 Å². The van der Waals surface area contributed by atoms with E-state index in [0.717, 1.165) is 0 Å². The van der Waals surface area contributed by atoms with Crippen molar-refractivity contribution in [2.45, 2.75) is 0 Å². The summed E-state index contributed by atoms with van der Waals surface area (Å²) in [5, 5.41) is 10.4. The Morgan fingerprint density at radius 2 is 0.574 bits per heavy atom. The molecular formula is C60H38S. The first-order valence-electron chi connectivity index (χ1n) is 21.0. The number of hydrogen-bond donors (Lipinski definition) is 0. The second-order valence-electron chi connectivity index (χ2n) is 16.0. The Hall–Kier alpha value is -7.58. The predicted molar refractivity (Wildman–Crippen MR) is 264 cm³/mol. The SMILES string of the molecule is c1ccc(-c2ccc(-c3cccc(-c4cc(-c5cccc(-c6cccc(-c7ccc8c9ccccc9c9ccccc9c8c7)c6)c5)cc5c4sc4ccccc45)c3)cc2)cc1. The van der Waals surface area contributed by atoms with Crippen LogP contribution in [0.1, 0.15) is 0 Å². The Kier molecular flexibility index (Phi) is 8.47. The first kappa shape index (κ1) is 35.4. The van der Waals surface area contributed by atoms with Crippen molar-refractivity contribution in [2.75, 3.05) is 0 Å². The van der Waals surface area contributed by atoms with Gasteiger partial charge in [-0.2, -0.15) is 0 Å². The van der Waals surface area contributed by atoms with Gasteiger partial charge in [0.15, 0.2) is 0 Å². The molecule has 0 aliphatic rings. The fraction of sp³-hybridized carbons (Fsp3) is 0. The van der Waals surface area contributed by atoms with E-state index < -0.39 is 0 Å². The molecule has 0 nitrogen and oxygen atoms in total. The van der Waals surface area contributed by atoms with E-state index in [1.54, 1.807) is 0 Å². The maximum absolute atomic E-state index is 2.41. The molecule has 0 bridgehead atoms. The van der Waals surface area contributed by atoms with E-state index >= 15 is 0 Å². The highest BCUT2D eigenvalue weighted by atomic mass is 32.1. The minimum atomic E-state index is 1.20. The Labute approximate surface area is 359 Å². The topological polar surface area (TPSA) is 0 Å². The third kappa shape index (κ3) is 6.22. The van der Waals surface area contributed by atoms with Crippen LogP contribution in [0.15, 0.2) is 231 Å². The zero-order valence-electron chi connectivity index (χ0n) is 33.3. The van der Waals surface area contributed by atoms with Gasteiger partial charge in [0.25, 0.3) is 0 Å². The summed E-state index contributed by atoms with van der Waals surface area (Å²) in [4.78, 5) is 0. The molecule has 0 radical (unpaired) electrons. The van der Waals surface area contributed by atoms with Gasteiger partial charge in [0.2, 0.25) is 0 Å². The van der Waals surface area contributed by atoms with Crippen molar-refractivity contribution < 1.29 is 0 Å². The summed E-state index contributed by atoms with van der Waals surface area (Å²) in [6, 6.07) is 85.0. The molecule has 0 saturated heterocycles. The molecule has 1 heteroatoms. The molecule has 1 aromatic heterocycles. The molecule has 0 unspecified atom stereocenters. The molecule has 0 N–H and O–H groups in total. The molecule has 0 spiro atoms. The maximum atomic E-state index is 2.41. The summed E-state index contributed by atoms with van der Waals surface area (Å²) in [5.41, 5.74) is 14.6. The zero-order valence-corrected chi connectivity index (χ0v) is 34.2. The quantitative estimate of drug-likeness (QED) is 0.147. The van der Waals surface area contributed by atoms with Gasteiger partial charge in [-0.1, -0.05) is 188 Å². The smallest absolute Gasteiger partial charge is 0.0434 e. The lowest BCUT2D eigenvalue weighted by Crippen LogP contribution is -1.87. The van der Waals surface area contributed by atoms with E-state index in [1.165, 1.54) is 119 Å². The summed E-state index contributed by atoms with van der Waals surface area (Å²) in [7, 11) is 0. The largest absolute Gasteiger partial charge is 0.135 e. The number of benzene rings is 11. The molecule has 0 aliphatic heterocycles. The van der Waals surface area contributed by atoms with Crippen molar-refractivity contribution in [3.8, 4) is 66.8 Å². The van der Waals surface area contributed by atoms with E-state index in [0.29, 0.717) is 0 Å². The molecule has 0 aliphatic carbocycles. The van der Waals surface area contributed by atoms with E-state index in [-0.39, 0.29) is 0 Å². The number of hydrogen-bond acceptors (Lipinski definition) is 1. The standard InChI is InChI=1S/C60H38S/c1-2-13-39(14-3-1)40-27-29-41(30-28-40)42-15-12-20-48(35-42)56-37-49(38-58-55-25-8-9-26-59(55)61-60(56)58)46-19-11-17-44(34-46)43-16-10-18-45(33-43)47-31-32-54-52-23-5-4-21-50(52)51-22-6-7-24-53(51)57(54)36-47/h1-38H. The third-order valence-electron chi connectivity index (χ3n) is 12.4. The molecule has 284 valence electrons. The lowest BCUT2D eigenvalue weighted by molar-refractivity contribution is 1.58. The van der Waals surface area contributed by atoms with Gasteiger partial charge in [-0.15, -0.1) is 11.3 Å². The molecule has 0 saturated carbocycles. The lowest BCUT2D eigenvalue weighted by atomic mass is 9.91. The van der Waals surface area contributed by atoms with Gasteiger partial charge in [0.1, 0.15) is 0 Å². The molecular weight excluding hydrogens is 753 g/mol. The molecule has 12 aromatic rings. The molecule has 0 fully saturated rings. The van der Waals surface area contributed by atoms with Gasteiger partial charge in [-0.05, 0) is 136 Å². The second kappa shape index (κ2) is 14.6. The minimum absolute atomic E-state index is 1.20. The molecule has 0 atom stereocenters. The fourth-order valence-corrected chi connectivity index (χ4v) is 10.6. The van der Waals surface area contributed by atoms with Gasteiger partial charge in [0.05, 0.1) is 0 Å². The van der Waals surface area contributed by atoms with Crippen LogP contribution in [0.25, 0.3) is 119 Å². The summed E-state index contributed by atoms with van der Waals surface area (Å²) in [6.45, 7) is 0. The van der Waals surface area contributed by atoms with E-state index in [9.17, 15) is 0 Å². The lowest BCUT2D eigenvalue weighted by Gasteiger charge is -2.13. The third-order valence-corrected chi connectivity index (χ3v) is 13.7. The molecule has 11 aromatic carbocycles. The number of rotatable bonds is 6. The first-order chi connectivity index (χ1) is 30.2. The van der Waals surface area contributed by atoms with Crippen LogP contribution in [0.2, 0.25) is 0 Å². The van der Waals surface area contributed by atoms with Gasteiger partial charge >= 0.3 is 0 Å². The van der Waals surface area contributed by atoms with E-state index in [2.05, 4.69) is 231 Å². The average molecular weight is 791 g/mol. The normalized spacial score (nSPS) is 11.6. The van der Waals surface area contributed by atoms with Crippen LogP contribution >= 0.6 is 11.3 Å². The number of fused-ring (bicyclic) bond motifs is 9. The highest BCUT2D eigenvalue weighted by Crippen LogP contribution is 2.44. The van der Waals surface area contributed by atoms with Crippen molar-refractivity contribution >= 4 is 63.8 Å². The Morgan fingerprint density at radius 3 is 1.20 bits per heavy atom. The summed E-state index contributed by atoms with van der Waals surface area (Å²) >= 11 is 1.89. The second-order valence-corrected chi connectivity index (χ2v) is 17.1. The van der Waals surface area contributed by atoms with E-state index in [1.807, 2.05) is 11.3 Å². The Balaban J connectivity index is 0.941. The number of thiophene rings is 1. The summed E-state index contributed by atoms with van der Waals surface area (Å²) in [5.74, 6) is 0. The molecule has 0 amide bonds. The van der Waals surface area contributed by atoms with Gasteiger partial charge in [-0.25, -0.2) is 0 Å². The van der Waals surface area contributed by atoms with Gasteiger partial charge in [-0.3, -0.25) is 0 Å². The first-order valence-corrected chi connectivity index (χ1v) is 21.8. The van der Waals surface area contributed by atoms with Gasteiger partial charge in [0, 0.05) is 25.7 Å². The van der Waals surface area contributed by atoms with Crippen LogP contribution in [0.3, 0.4) is 0 Å². The monoisotopic (exact) mass is 790 g/mol. The molecule has 12 rings (SSSR count). The van der Waals surface area contributed by atoms with Crippen molar-refractivity contribution in [3.63, 3.8) is 0 Å². The van der Waals surface area contributed by atoms with Crippen molar-refractivity contribution in [2.24, 2.45) is 0 Å². The van der Waals surface area contributed by atoms with Crippen LogP contribution < -0.4 is 0 Å². The molecule has 1 heterocycles. The van der Waals surface area contributed by atoms with E-state index in [4.69, 9.17) is 0 Å². The summed E-state index contributed by atoms with van der Waals surface area (Å²) < 4.78 is 2.63. The maximum Gasteiger partial charge on any atom is 0.0434 e. The van der Waals surface area contributed by atoms with Crippen LogP contribution in [-0.4, -0.2) is 0 Å². The average Bonchev–Trinajstić information content (AvgIpc) is 3.73. The Morgan fingerprint density at radius 1 is 0.197 bits per heavy atom. The van der Waals surface area contributed by atoms with Crippen LogP contribution in [-0.2, 0) is 0 Å². The van der Waals surface area contributed by atoms with Crippen molar-refractivity contribution in [1.29, 1.82) is 0 Å². The summed E-state index contributed by atoms with van der Waals surface area (Å²) in [6.07, 6.45) is 0. The Bertz CT molecular complexity index is 3590. The van der Waals surface area contributed by atoms with Crippen LogP contribution in [0.5, 0.6) is 0 Å². The fourth-order valence-electron chi connectivity index (χ4n) is 9.40. The van der Waals surface area contributed by atoms with Crippen molar-refractivity contribution in [1.82, 2.24) is 0 Å². The highest BCUT2D eigenvalue weighted by molar-refractivity contribution is 7.26. The van der Waals surface area contributed by atoms with Gasteiger partial charge < -0.3 is 0 Å².